The highest BCUT2D eigenvalue weighted by Gasteiger charge is 2.24. The number of ether oxygens (including phenoxy) is 1. The maximum absolute atomic E-state index is 11.3. The topological polar surface area (TPSA) is 53.9 Å². The van der Waals surface area contributed by atoms with Gasteiger partial charge in [-0.15, -0.1) is 0 Å². The van der Waals surface area contributed by atoms with Crippen LogP contribution in [0.25, 0.3) is 0 Å². The summed E-state index contributed by atoms with van der Waals surface area (Å²) in [7, 11) is 1.87. The Morgan fingerprint density at radius 2 is 2.08 bits per heavy atom. The maximum Gasteiger partial charge on any atom is 0.305 e. The number of hydrogen-bond acceptors (Lipinski definition) is 4. The Morgan fingerprint density at radius 1 is 1.33 bits per heavy atom. The molecule has 1 atom stereocenters. The number of unbranched alkanes of at least 4 members (excludes halogenated alkanes) is 3. The lowest BCUT2D eigenvalue weighted by Gasteiger charge is -2.36. The Kier molecular flexibility index (Phi) is 11.0. The molecule has 0 saturated carbocycles. The van der Waals surface area contributed by atoms with E-state index in [0.717, 1.165) is 51.3 Å². The summed E-state index contributed by atoms with van der Waals surface area (Å²) in [6.07, 6.45) is 4.79. The lowest BCUT2D eigenvalue weighted by Crippen LogP contribution is -2.49. The number of nitrogens with zero attached hydrogens (tertiary/aromatic N) is 2. The summed E-state index contributed by atoms with van der Waals surface area (Å²) in [5, 5.41) is 4.19. The van der Waals surface area contributed by atoms with Gasteiger partial charge in [-0.2, -0.15) is 11.8 Å². The summed E-state index contributed by atoms with van der Waals surface area (Å²) in [5.41, 5.74) is 0. The minimum Gasteiger partial charge on any atom is -0.466 e. The predicted octanol–water partition coefficient (Wildman–Crippen LogP) is 3.15. The Labute approximate surface area is 152 Å². The van der Waals surface area contributed by atoms with Crippen LogP contribution in [0.4, 0.5) is 0 Å². The Morgan fingerprint density at radius 3 is 2.75 bits per heavy atom. The fourth-order valence-electron chi connectivity index (χ4n) is 2.78. The average Bonchev–Trinajstić information content (AvgIpc) is 2.57. The molecule has 6 heteroatoms. The molecule has 0 aromatic rings. The van der Waals surface area contributed by atoms with E-state index < -0.39 is 0 Å². The predicted molar refractivity (Wildman–Crippen MR) is 104 cm³/mol. The summed E-state index contributed by atoms with van der Waals surface area (Å²) < 4.78 is 4.93. The van der Waals surface area contributed by atoms with Crippen molar-refractivity contribution in [2.45, 2.75) is 58.1 Å². The molecule has 1 aliphatic heterocycles. The van der Waals surface area contributed by atoms with E-state index in [4.69, 9.17) is 4.74 Å². The minimum atomic E-state index is -0.0706. The SMILES string of the molecule is CCOC(=O)CCCCCCNC(=NC)N1CCSC(C(C)C)C1. The molecule has 0 aromatic carbocycles. The van der Waals surface area contributed by atoms with Crippen LogP contribution in [0.15, 0.2) is 4.99 Å². The van der Waals surface area contributed by atoms with Crippen LogP contribution < -0.4 is 5.32 Å². The number of thioether (sulfide) groups is 1. The Hall–Kier alpha value is -0.910. The number of carbonyl (C=O) groups is 1. The van der Waals surface area contributed by atoms with Crippen LogP contribution in [-0.2, 0) is 9.53 Å². The second kappa shape index (κ2) is 12.5. The van der Waals surface area contributed by atoms with E-state index in [1.165, 1.54) is 5.75 Å². The molecule has 0 aliphatic carbocycles. The van der Waals surface area contributed by atoms with Gasteiger partial charge in [-0.25, -0.2) is 0 Å². The summed E-state index contributed by atoms with van der Waals surface area (Å²) in [6, 6.07) is 0. The van der Waals surface area contributed by atoms with E-state index in [0.29, 0.717) is 24.2 Å². The fourth-order valence-corrected chi connectivity index (χ4v) is 4.08. The molecule has 1 rings (SSSR count). The van der Waals surface area contributed by atoms with Crippen LogP contribution in [0.3, 0.4) is 0 Å². The van der Waals surface area contributed by atoms with Gasteiger partial charge in [0.15, 0.2) is 5.96 Å². The summed E-state index contributed by atoms with van der Waals surface area (Å²) >= 11 is 2.08. The molecule has 0 aromatic heterocycles. The molecule has 0 amide bonds. The van der Waals surface area contributed by atoms with Crippen molar-refractivity contribution in [2.75, 3.05) is 39.0 Å². The number of guanidine groups is 1. The average molecular weight is 358 g/mol. The third-order valence-corrected chi connectivity index (χ3v) is 5.78. The normalized spacial score (nSPS) is 18.8. The smallest absolute Gasteiger partial charge is 0.305 e. The lowest BCUT2D eigenvalue weighted by molar-refractivity contribution is -0.143. The number of aliphatic imine (C=N–C) groups is 1. The molecular formula is C18H35N3O2S. The van der Waals surface area contributed by atoms with Gasteiger partial charge in [-0.1, -0.05) is 26.7 Å². The van der Waals surface area contributed by atoms with Crippen molar-refractivity contribution in [3.63, 3.8) is 0 Å². The highest BCUT2D eigenvalue weighted by molar-refractivity contribution is 8.00. The van der Waals surface area contributed by atoms with Gasteiger partial charge in [0.1, 0.15) is 0 Å². The van der Waals surface area contributed by atoms with Gasteiger partial charge in [0, 0.05) is 44.1 Å². The van der Waals surface area contributed by atoms with Crippen molar-refractivity contribution in [1.29, 1.82) is 0 Å². The van der Waals surface area contributed by atoms with Crippen molar-refractivity contribution < 1.29 is 9.53 Å². The first-order chi connectivity index (χ1) is 11.6. The van der Waals surface area contributed by atoms with Crippen LogP contribution >= 0.6 is 11.8 Å². The van der Waals surface area contributed by atoms with Crippen LogP contribution in [0.2, 0.25) is 0 Å². The highest BCUT2D eigenvalue weighted by Crippen LogP contribution is 2.24. The van der Waals surface area contributed by atoms with Gasteiger partial charge >= 0.3 is 5.97 Å². The van der Waals surface area contributed by atoms with Crippen molar-refractivity contribution in [3.8, 4) is 0 Å². The van der Waals surface area contributed by atoms with Crippen LogP contribution in [0.5, 0.6) is 0 Å². The summed E-state index contributed by atoms with van der Waals surface area (Å²) in [6.45, 7) is 10.0. The van der Waals surface area contributed by atoms with Crippen LogP contribution in [-0.4, -0.2) is 61.1 Å². The number of nitrogens with one attached hydrogen (secondary N) is 1. The molecule has 5 nitrogen and oxygen atoms in total. The number of carbonyl (C=O) groups excluding carboxylic acids is 1. The highest BCUT2D eigenvalue weighted by atomic mass is 32.2. The summed E-state index contributed by atoms with van der Waals surface area (Å²) in [4.78, 5) is 18.1. The molecule has 24 heavy (non-hydrogen) atoms. The third-order valence-electron chi connectivity index (χ3n) is 4.24. The van der Waals surface area contributed by atoms with Gasteiger partial charge < -0.3 is 15.0 Å². The molecule has 1 N–H and O–H groups in total. The van der Waals surface area contributed by atoms with E-state index in [1.807, 2.05) is 14.0 Å². The largest absolute Gasteiger partial charge is 0.466 e. The van der Waals surface area contributed by atoms with E-state index in [1.54, 1.807) is 0 Å². The second-order valence-electron chi connectivity index (χ2n) is 6.54. The number of esters is 1. The van der Waals surface area contributed by atoms with E-state index in [9.17, 15) is 4.79 Å². The quantitative estimate of drug-likeness (QED) is 0.297. The van der Waals surface area contributed by atoms with Crippen molar-refractivity contribution in [3.05, 3.63) is 0 Å². The van der Waals surface area contributed by atoms with Crippen LogP contribution in [0, 0.1) is 5.92 Å². The van der Waals surface area contributed by atoms with E-state index in [-0.39, 0.29) is 5.97 Å². The maximum atomic E-state index is 11.3. The Bertz CT molecular complexity index is 388. The van der Waals surface area contributed by atoms with Gasteiger partial charge in [-0.3, -0.25) is 9.79 Å². The molecule has 1 unspecified atom stereocenters. The molecule has 0 spiro atoms. The van der Waals surface area contributed by atoms with E-state index in [2.05, 4.69) is 40.8 Å². The van der Waals surface area contributed by atoms with Gasteiger partial charge in [0.25, 0.3) is 0 Å². The third kappa shape index (κ3) is 8.27. The standard InChI is InChI=1S/C18H35N3O2S/c1-5-23-17(22)10-8-6-7-9-11-20-18(19-4)21-12-13-24-16(14-21)15(2)3/h15-16H,5-14H2,1-4H3,(H,19,20). The first-order valence-electron chi connectivity index (χ1n) is 9.31. The molecule has 0 bridgehead atoms. The number of hydrogen-bond donors (Lipinski definition) is 1. The Balaban J connectivity index is 2.15. The van der Waals surface area contributed by atoms with Crippen LogP contribution in [0.1, 0.15) is 52.9 Å². The molecule has 1 saturated heterocycles. The zero-order chi connectivity index (χ0) is 17.8. The lowest BCUT2D eigenvalue weighted by atomic mass is 10.1. The molecular weight excluding hydrogens is 322 g/mol. The molecule has 140 valence electrons. The molecule has 1 aliphatic rings. The molecule has 1 fully saturated rings. The second-order valence-corrected chi connectivity index (χ2v) is 7.89. The zero-order valence-electron chi connectivity index (χ0n) is 15.8. The summed E-state index contributed by atoms with van der Waals surface area (Å²) in [5.74, 6) is 2.85. The minimum absolute atomic E-state index is 0.0706. The monoisotopic (exact) mass is 357 g/mol. The van der Waals surface area contributed by atoms with Gasteiger partial charge in [-0.05, 0) is 25.7 Å². The van der Waals surface area contributed by atoms with Crippen molar-refractivity contribution in [1.82, 2.24) is 10.2 Å². The first kappa shape index (κ1) is 21.1. The zero-order valence-corrected chi connectivity index (χ0v) is 16.7. The fraction of sp³-hybridized carbons (Fsp3) is 0.889. The molecule has 0 radical (unpaired) electrons. The molecule has 1 heterocycles. The first-order valence-corrected chi connectivity index (χ1v) is 10.4. The van der Waals surface area contributed by atoms with E-state index >= 15 is 0 Å². The number of rotatable bonds is 9. The van der Waals surface area contributed by atoms with Crippen molar-refractivity contribution in [2.24, 2.45) is 10.9 Å². The van der Waals surface area contributed by atoms with Crippen molar-refractivity contribution >= 4 is 23.7 Å². The van der Waals surface area contributed by atoms with Gasteiger partial charge in [0.2, 0.25) is 0 Å². The van der Waals surface area contributed by atoms with Gasteiger partial charge in [0.05, 0.1) is 6.61 Å².